The van der Waals surface area contributed by atoms with Gasteiger partial charge in [-0.15, -0.1) is 0 Å². The molecule has 51 heavy (non-hydrogen) atoms. The number of nitrogens with zero attached hydrogens (tertiary/aromatic N) is 1. The summed E-state index contributed by atoms with van der Waals surface area (Å²) in [5.74, 6) is -0.288. The molecule has 272 valence electrons. The number of hydrogen-bond acceptors (Lipinski definition) is 8. The molecule has 10 heteroatoms. The maximum Gasteiger partial charge on any atom is 0.417 e. The molecule has 1 aliphatic heterocycles. The molecule has 4 aromatic rings. The van der Waals surface area contributed by atoms with E-state index in [-0.39, 0.29) is 18.3 Å². The topological polar surface area (TPSA) is 108 Å². The van der Waals surface area contributed by atoms with E-state index < -0.39 is 56.4 Å². The summed E-state index contributed by atoms with van der Waals surface area (Å²) in [4.78, 5) is 29.6. The quantitative estimate of drug-likeness (QED) is 0.123. The molecule has 5 rings (SSSR count). The fraction of sp³-hybridized carbons (Fsp3) is 0.415. The molecule has 5 atom stereocenters. The highest BCUT2D eigenvalue weighted by molar-refractivity contribution is 6.74. The Morgan fingerprint density at radius 3 is 1.88 bits per heavy atom. The van der Waals surface area contributed by atoms with Crippen molar-refractivity contribution in [1.29, 1.82) is 0 Å². The van der Waals surface area contributed by atoms with Crippen molar-refractivity contribution in [2.24, 2.45) is 0 Å². The van der Waals surface area contributed by atoms with Crippen molar-refractivity contribution in [2.75, 3.05) is 0 Å². The lowest BCUT2D eigenvalue weighted by atomic mass is 9.91. The second-order valence-corrected chi connectivity index (χ2v) is 19.9. The van der Waals surface area contributed by atoms with E-state index in [9.17, 15) is 14.7 Å². The number of ether oxygens (including phenoxy) is 3. The largest absolute Gasteiger partial charge is 0.467 e. The third kappa shape index (κ3) is 9.25. The van der Waals surface area contributed by atoms with E-state index in [1.54, 1.807) is 32.2 Å². The molecule has 0 bridgehead atoms. The first kappa shape index (κ1) is 38.2. The third-order valence-corrected chi connectivity index (χ3v) is 14.4. The third-order valence-electron chi connectivity index (χ3n) is 9.97. The summed E-state index contributed by atoms with van der Waals surface area (Å²) in [6.45, 7) is 14.2. The number of imide groups is 1. The van der Waals surface area contributed by atoms with E-state index in [1.807, 2.05) is 91.0 Å². The maximum absolute atomic E-state index is 14.9. The number of aliphatic hydroxyl groups is 1. The second kappa shape index (κ2) is 16.1. The predicted molar refractivity (Wildman–Crippen MR) is 197 cm³/mol. The number of aliphatic hydroxyl groups excluding tert-OH is 1. The molecule has 0 aliphatic carbocycles. The maximum atomic E-state index is 14.9. The highest BCUT2D eigenvalue weighted by Crippen LogP contribution is 2.42. The second-order valence-electron chi connectivity index (χ2n) is 15.2. The van der Waals surface area contributed by atoms with Gasteiger partial charge in [-0.05, 0) is 67.2 Å². The van der Waals surface area contributed by atoms with Gasteiger partial charge in [-0.1, -0.05) is 112 Å². The summed E-state index contributed by atoms with van der Waals surface area (Å²) >= 11 is 0. The summed E-state index contributed by atoms with van der Waals surface area (Å²) < 4.78 is 31.7. The molecule has 3 aromatic carbocycles. The van der Waals surface area contributed by atoms with E-state index >= 15 is 0 Å². The van der Waals surface area contributed by atoms with Gasteiger partial charge in [0.25, 0.3) is 5.91 Å². The van der Waals surface area contributed by atoms with Gasteiger partial charge in [-0.25, -0.2) is 9.69 Å². The number of hydrogen-bond donors (Lipinski definition) is 1. The Labute approximate surface area is 302 Å². The molecule has 0 spiro atoms. The molecule has 2 amide bonds. The van der Waals surface area contributed by atoms with Crippen LogP contribution in [-0.4, -0.2) is 60.3 Å². The van der Waals surface area contributed by atoms with Crippen LogP contribution in [0.5, 0.6) is 0 Å². The number of carbonyl (C=O) groups is 2. The standard InChI is InChI=1S/C41H51NO8Si/c1-40(2,3)51(6,7)50-35(32-24-17-25-46-32)36(47-27-30-20-13-9-14-21-30)34(43)37(48-28-31-22-15-10-16-23-31)38(44)42-33(41(4,5)49-39(42)45)26-29-18-11-8-12-19-29/h8-25,33-37,43H,26-28H2,1-7H3/t33-,34+,35-,36-,37-/m1/s1. The van der Waals surface area contributed by atoms with Crippen LogP contribution in [0, 0.1) is 0 Å². The van der Waals surface area contributed by atoms with Gasteiger partial charge in [0.1, 0.15) is 29.7 Å². The first-order chi connectivity index (χ1) is 24.2. The molecule has 0 unspecified atom stereocenters. The van der Waals surface area contributed by atoms with Crippen LogP contribution in [0.3, 0.4) is 0 Å². The van der Waals surface area contributed by atoms with Gasteiger partial charge >= 0.3 is 6.09 Å². The highest BCUT2D eigenvalue weighted by atomic mass is 28.4. The Morgan fingerprint density at radius 1 is 0.843 bits per heavy atom. The van der Waals surface area contributed by atoms with Crippen molar-refractivity contribution < 1.29 is 37.7 Å². The van der Waals surface area contributed by atoms with Gasteiger partial charge in [-0.2, -0.15) is 0 Å². The fourth-order valence-corrected chi connectivity index (χ4v) is 7.19. The van der Waals surface area contributed by atoms with Gasteiger partial charge in [0.2, 0.25) is 0 Å². The summed E-state index contributed by atoms with van der Waals surface area (Å²) in [6, 6.07) is 31.4. The molecule has 9 nitrogen and oxygen atoms in total. The SMILES string of the molecule is CC1(C)OC(=O)N(C(=O)[C@H](OCc2ccccc2)[C@@H](O)[C@@H](OCc2ccccc2)[C@H](O[Si](C)(C)C(C)(C)C)c2ccco2)[C@@H]1Cc1ccccc1. The van der Waals surface area contributed by atoms with Crippen LogP contribution in [0.4, 0.5) is 4.79 Å². The number of amides is 2. The molecule has 2 heterocycles. The van der Waals surface area contributed by atoms with E-state index in [4.69, 9.17) is 23.1 Å². The summed E-state index contributed by atoms with van der Waals surface area (Å²) in [7, 11) is -2.55. The number of cyclic esters (lactones) is 1. The van der Waals surface area contributed by atoms with Gasteiger partial charge in [0, 0.05) is 0 Å². The van der Waals surface area contributed by atoms with E-state index in [1.165, 1.54) is 0 Å². The predicted octanol–water partition coefficient (Wildman–Crippen LogP) is 8.24. The highest BCUT2D eigenvalue weighted by Gasteiger charge is 2.54. The monoisotopic (exact) mass is 713 g/mol. The van der Waals surface area contributed by atoms with Crippen molar-refractivity contribution in [3.05, 3.63) is 132 Å². The van der Waals surface area contributed by atoms with Crippen LogP contribution in [0.15, 0.2) is 114 Å². The first-order valence-corrected chi connectivity index (χ1v) is 20.4. The van der Waals surface area contributed by atoms with Crippen LogP contribution in [0.2, 0.25) is 18.1 Å². The zero-order valence-corrected chi connectivity index (χ0v) is 31.7. The Morgan fingerprint density at radius 2 is 1.37 bits per heavy atom. The molecule has 0 saturated carbocycles. The molecule has 0 radical (unpaired) electrons. The number of carbonyl (C=O) groups excluding carboxylic acids is 2. The molecular weight excluding hydrogens is 663 g/mol. The minimum Gasteiger partial charge on any atom is -0.467 e. The molecular formula is C41H51NO8Si. The van der Waals surface area contributed by atoms with Crippen molar-refractivity contribution in [2.45, 2.75) is 108 Å². The molecule has 1 saturated heterocycles. The van der Waals surface area contributed by atoms with Crippen molar-refractivity contribution >= 4 is 20.3 Å². The van der Waals surface area contributed by atoms with Crippen molar-refractivity contribution in [3.63, 3.8) is 0 Å². The molecule has 1 N–H and O–H groups in total. The minimum absolute atomic E-state index is 0.0101. The Bertz CT molecular complexity index is 1690. The summed E-state index contributed by atoms with van der Waals surface area (Å²) in [5, 5.41) is 12.4. The number of rotatable bonds is 15. The average molecular weight is 714 g/mol. The van der Waals surface area contributed by atoms with Gasteiger partial charge in [-0.3, -0.25) is 4.79 Å². The van der Waals surface area contributed by atoms with E-state index in [0.717, 1.165) is 21.6 Å². The first-order valence-electron chi connectivity index (χ1n) is 17.5. The van der Waals surface area contributed by atoms with Gasteiger partial charge in [0.05, 0.1) is 25.5 Å². The summed E-state index contributed by atoms with van der Waals surface area (Å²) in [6.07, 6.45) is -4.14. The summed E-state index contributed by atoms with van der Waals surface area (Å²) in [5.41, 5.74) is 1.57. The molecule has 1 aliphatic rings. The lowest BCUT2D eigenvalue weighted by molar-refractivity contribution is -0.175. The number of benzene rings is 3. The zero-order chi connectivity index (χ0) is 36.8. The zero-order valence-electron chi connectivity index (χ0n) is 30.7. The van der Waals surface area contributed by atoms with Crippen LogP contribution in [0.25, 0.3) is 0 Å². The average Bonchev–Trinajstić information content (AvgIpc) is 3.70. The Kier molecular flexibility index (Phi) is 12.0. The van der Waals surface area contributed by atoms with Crippen LogP contribution >= 0.6 is 0 Å². The lowest BCUT2D eigenvalue weighted by Gasteiger charge is -2.42. The lowest BCUT2D eigenvalue weighted by Crippen LogP contribution is -2.57. The van der Waals surface area contributed by atoms with E-state index in [2.05, 4.69) is 33.9 Å². The smallest absolute Gasteiger partial charge is 0.417 e. The fourth-order valence-electron chi connectivity index (χ4n) is 5.95. The van der Waals surface area contributed by atoms with Crippen molar-refractivity contribution in [1.82, 2.24) is 4.90 Å². The molecule has 1 fully saturated rings. The van der Waals surface area contributed by atoms with Crippen LogP contribution < -0.4 is 0 Å². The Hall–Kier alpha value is -4.06. The van der Waals surface area contributed by atoms with Crippen LogP contribution in [0.1, 0.15) is 63.2 Å². The normalized spacial score (nSPS) is 18.5. The minimum atomic E-state index is -2.55. The van der Waals surface area contributed by atoms with Gasteiger partial charge < -0.3 is 28.2 Å². The Balaban J connectivity index is 1.57. The molecule has 1 aromatic heterocycles. The number of furan rings is 1. The van der Waals surface area contributed by atoms with Crippen LogP contribution in [-0.2, 0) is 43.1 Å². The van der Waals surface area contributed by atoms with Gasteiger partial charge in [0.15, 0.2) is 14.4 Å². The van der Waals surface area contributed by atoms with E-state index in [0.29, 0.717) is 12.2 Å². The van der Waals surface area contributed by atoms with Crippen molar-refractivity contribution in [3.8, 4) is 0 Å².